The lowest BCUT2D eigenvalue weighted by molar-refractivity contribution is -0.121. The molecular weight excluding hydrogens is 484 g/mol. The predicted molar refractivity (Wildman–Crippen MR) is 142 cm³/mol. The van der Waals surface area contributed by atoms with Crippen LogP contribution in [0.25, 0.3) is 33.4 Å². The van der Waals surface area contributed by atoms with E-state index in [0.717, 1.165) is 22.1 Å². The second kappa shape index (κ2) is 10.4. The van der Waals surface area contributed by atoms with Gasteiger partial charge in [0.25, 0.3) is 0 Å². The molecule has 7 N–H and O–H groups in total. The van der Waals surface area contributed by atoms with Crippen molar-refractivity contribution in [2.45, 2.75) is 25.5 Å². The molecule has 0 spiro atoms. The molecule has 5 rings (SSSR count). The second-order valence-corrected chi connectivity index (χ2v) is 9.01. The lowest BCUT2D eigenvalue weighted by Crippen LogP contribution is -2.29. The van der Waals surface area contributed by atoms with Crippen LogP contribution in [-0.4, -0.2) is 58.8 Å². The number of nitrogens with two attached hydrogens (primary N) is 2. The van der Waals surface area contributed by atoms with E-state index in [4.69, 9.17) is 11.5 Å². The maximum Gasteiger partial charge on any atom is 0.221 e. The quantitative estimate of drug-likeness (QED) is 0.195. The molecule has 0 saturated heterocycles. The van der Waals surface area contributed by atoms with Crippen LogP contribution in [0.3, 0.4) is 0 Å². The standard InChI is InChI=1S/C26H28N10O2/c1-26(38,18-2-6-29-7-3-18)22-11-21(34-25(28)35-22)20-14-32-24-19(20)10-16(12-31-24)17-13-33-36(15-17)9-4-23(37)30-8-5-27/h2-3,6-7,10-15,38H,4-5,8-9,27H2,1H3,(H,30,37)(H,31,32)(H2,28,34,35). The number of amides is 1. The summed E-state index contributed by atoms with van der Waals surface area (Å²) >= 11 is 0. The number of nitrogens with one attached hydrogen (secondary N) is 2. The minimum atomic E-state index is -1.40. The first-order valence-corrected chi connectivity index (χ1v) is 12.1. The number of pyridine rings is 2. The number of fused-ring (bicyclic) bond motifs is 1. The first-order chi connectivity index (χ1) is 18.3. The SMILES string of the molecule is CC(O)(c1ccncc1)c1cc(-c2c[nH]c3ncc(-c4cnn(CCC(=O)NCCN)c4)cc23)nc(N)n1. The molecule has 38 heavy (non-hydrogen) atoms. The Morgan fingerprint density at radius 1 is 1.18 bits per heavy atom. The van der Waals surface area contributed by atoms with Crippen LogP contribution >= 0.6 is 0 Å². The summed E-state index contributed by atoms with van der Waals surface area (Å²) in [5.74, 6) is -0.0268. The molecule has 0 saturated carbocycles. The van der Waals surface area contributed by atoms with Crippen molar-refractivity contribution < 1.29 is 9.90 Å². The van der Waals surface area contributed by atoms with Gasteiger partial charge in [0.05, 0.1) is 17.6 Å². The smallest absolute Gasteiger partial charge is 0.221 e. The Morgan fingerprint density at radius 2 is 2.00 bits per heavy atom. The van der Waals surface area contributed by atoms with Gasteiger partial charge in [-0.2, -0.15) is 5.10 Å². The molecule has 0 radical (unpaired) electrons. The van der Waals surface area contributed by atoms with E-state index < -0.39 is 5.60 Å². The van der Waals surface area contributed by atoms with Crippen LogP contribution in [0.2, 0.25) is 0 Å². The molecule has 12 heteroatoms. The van der Waals surface area contributed by atoms with Crippen molar-refractivity contribution in [1.82, 2.24) is 40.0 Å². The summed E-state index contributed by atoms with van der Waals surface area (Å²) in [5, 5.41) is 19.3. The van der Waals surface area contributed by atoms with Crippen molar-refractivity contribution in [3.63, 3.8) is 0 Å². The molecule has 0 fully saturated rings. The number of carbonyl (C=O) groups excluding carboxylic acids is 1. The Hall–Kier alpha value is -4.68. The number of anilines is 1. The Balaban J connectivity index is 1.45. The number of aromatic amines is 1. The molecule has 0 bridgehead atoms. The van der Waals surface area contributed by atoms with Crippen LogP contribution in [0.1, 0.15) is 24.6 Å². The fourth-order valence-corrected chi connectivity index (χ4v) is 4.20. The number of aromatic nitrogens is 7. The lowest BCUT2D eigenvalue weighted by Gasteiger charge is -2.23. The largest absolute Gasteiger partial charge is 0.379 e. The van der Waals surface area contributed by atoms with E-state index in [-0.39, 0.29) is 11.9 Å². The van der Waals surface area contributed by atoms with E-state index in [1.807, 2.05) is 12.3 Å². The second-order valence-electron chi connectivity index (χ2n) is 9.01. The van der Waals surface area contributed by atoms with Gasteiger partial charge in [-0.05, 0) is 36.8 Å². The number of H-pyrrole nitrogens is 1. The van der Waals surface area contributed by atoms with Gasteiger partial charge >= 0.3 is 0 Å². The van der Waals surface area contributed by atoms with Gasteiger partial charge in [-0.3, -0.25) is 14.5 Å². The molecule has 0 aliphatic heterocycles. The molecule has 1 atom stereocenters. The van der Waals surface area contributed by atoms with Crippen molar-refractivity contribution in [3.8, 4) is 22.4 Å². The number of carbonyl (C=O) groups is 1. The molecule has 0 aliphatic rings. The highest BCUT2D eigenvalue weighted by Crippen LogP contribution is 2.34. The maximum atomic E-state index is 11.9. The molecule has 5 aromatic heterocycles. The molecule has 194 valence electrons. The Labute approximate surface area is 218 Å². The third-order valence-electron chi connectivity index (χ3n) is 6.29. The summed E-state index contributed by atoms with van der Waals surface area (Å²) in [4.78, 5) is 32.4. The van der Waals surface area contributed by atoms with Crippen molar-refractivity contribution in [1.29, 1.82) is 0 Å². The number of hydrogen-bond donors (Lipinski definition) is 5. The number of aliphatic hydroxyl groups is 1. The van der Waals surface area contributed by atoms with Crippen LogP contribution < -0.4 is 16.8 Å². The monoisotopic (exact) mass is 512 g/mol. The Bertz CT molecular complexity index is 1580. The normalized spacial score (nSPS) is 12.9. The van der Waals surface area contributed by atoms with Gasteiger partial charge in [0.2, 0.25) is 11.9 Å². The van der Waals surface area contributed by atoms with Gasteiger partial charge in [-0.25, -0.2) is 15.0 Å². The lowest BCUT2D eigenvalue weighted by atomic mass is 9.92. The summed E-state index contributed by atoms with van der Waals surface area (Å²) in [6.07, 6.45) is 10.7. The average molecular weight is 513 g/mol. The van der Waals surface area contributed by atoms with Gasteiger partial charge in [-0.1, -0.05) is 0 Å². The molecule has 1 unspecified atom stereocenters. The fourth-order valence-electron chi connectivity index (χ4n) is 4.20. The van der Waals surface area contributed by atoms with Crippen LogP contribution in [0.15, 0.2) is 61.4 Å². The number of rotatable bonds is 9. The number of aryl methyl sites for hydroxylation is 1. The summed E-state index contributed by atoms with van der Waals surface area (Å²) in [5.41, 5.74) is 14.8. The third-order valence-corrected chi connectivity index (χ3v) is 6.29. The van der Waals surface area contributed by atoms with Crippen LogP contribution in [0, 0.1) is 0 Å². The Kier molecular flexibility index (Phi) is 6.81. The van der Waals surface area contributed by atoms with Crippen molar-refractivity contribution in [2.24, 2.45) is 5.73 Å². The molecule has 0 aliphatic carbocycles. The van der Waals surface area contributed by atoms with Gasteiger partial charge in [0.1, 0.15) is 11.2 Å². The van der Waals surface area contributed by atoms with E-state index in [1.54, 1.807) is 60.8 Å². The van der Waals surface area contributed by atoms with Crippen molar-refractivity contribution >= 4 is 22.9 Å². The highest BCUT2D eigenvalue weighted by molar-refractivity contribution is 5.95. The maximum absolute atomic E-state index is 11.9. The van der Waals surface area contributed by atoms with E-state index in [2.05, 4.69) is 35.3 Å². The minimum Gasteiger partial charge on any atom is -0.379 e. The highest BCUT2D eigenvalue weighted by atomic mass is 16.3. The van der Waals surface area contributed by atoms with Crippen LogP contribution in [0.4, 0.5) is 5.95 Å². The molecule has 1 amide bonds. The van der Waals surface area contributed by atoms with E-state index in [9.17, 15) is 9.90 Å². The van der Waals surface area contributed by atoms with Gasteiger partial charge < -0.3 is 26.9 Å². The number of nitrogen functional groups attached to an aromatic ring is 1. The first-order valence-electron chi connectivity index (χ1n) is 12.1. The van der Waals surface area contributed by atoms with Gasteiger partial charge in [-0.15, -0.1) is 0 Å². The third kappa shape index (κ3) is 5.08. The zero-order valence-electron chi connectivity index (χ0n) is 20.8. The summed E-state index contributed by atoms with van der Waals surface area (Å²) in [6.45, 7) is 2.96. The molecule has 0 aromatic carbocycles. The zero-order valence-corrected chi connectivity index (χ0v) is 20.8. The van der Waals surface area contributed by atoms with Gasteiger partial charge in [0.15, 0.2) is 0 Å². The Morgan fingerprint density at radius 3 is 2.79 bits per heavy atom. The predicted octanol–water partition coefficient (Wildman–Crippen LogP) is 1.58. The molecule has 12 nitrogen and oxygen atoms in total. The number of nitrogens with zero attached hydrogens (tertiary/aromatic N) is 6. The van der Waals surface area contributed by atoms with E-state index >= 15 is 0 Å². The van der Waals surface area contributed by atoms with Crippen LogP contribution in [-0.2, 0) is 16.9 Å². The topological polar surface area (TPSA) is 187 Å². The first kappa shape index (κ1) is 25.0. The summed E-state index contributed by atoms with van der Waals surface area (Å²) in [7, 11) is 0. The molecule has 5 heterocycles. The minimum absolute atomic E-state index is 0.0436. The molecule has 5 aromatic rings. The van der Waals surface area contributed by atoms with Crippen LogP contribution in [0.5, 0.6) is 0 Å². The molecular formula is C26H28N10O2. The average Bonchev–Trinajstić information content (AvgIpc) is 3.58. The van der Waals surface area contributed by atoms with Gasteiger partial charge in [0, 0.05) is 79.1 Å². The van der Waals surface area contributed by atoms with E-state index in [0.29, 0.717) is 48.7 Å². The number of hydrogen-bond acceptors (Lipinski definition) is 9. The van der Waals surface area contributed by atoms with Crippen molar-refractivity contribution in [2.75, 3.05) is 18.8 Å². The summed E-state index contributed by atoms with van der Waals surface area (Å²) < 4.78 is 1.72. The summed E-state index contributed by atoms with van der Waals surface area (Å²) in [6, 6.07) is 7.17. The fraction of sp³-hybridized carbons (Fsp3) is 0.231. The zero-order chi connectivity index (χ0) is 26.7. The van der Waals surface area contributed by atoms with Crippen molar-refractivity contribution in [3.05, 3.63) is 72.7 Å². The highest BCUT2D eigenvalue weighted by Gasteiger charge is 2.29. The van der Waals surface area contributed by atoms with E-state index in [1.165, 1.54) is 0 Å².